The van der Waals surface area contributed by atoms with Crippen molar-refractivity contribution in [2.45, 2.75) is 24.6 Å². The summed E-state index contributed by atoms with van der Waals surface area (Å²) in [5.41, 5.74) is 13.0. The molecule has 0 aliphatic carbocycles. The van der Waals surface area contributed by atoms with E-state index in [1.165, 1.54) is 6.26 Å². The minimum absolute atomic E-state index is 0.495. The van der Waals surface area contributed by atoms with Crippen molar-refractivity contribution in [3.05, 3.63) is 29.8 Å². The second kappa shape index (κ2) is 4.84. The second-order valence-electron chi connectivity index (χ2n) is 3.97. The Bertz CT molecular complexity index is 457. The van der Waals surface area contributed by atoms with Crippen molar-refractivity contribution in [1.82, 2.24) is 0 Å². The molecule has 0 heterocycles. The van der Waals surface area contributed by atoms with E-state index < -0.39 is 21.1 Å². The molecular formula is C11H18N2O2S. The van der Waals surface area contributed by atoms with Crippen LogP contribution in [0.25, 0.3) is 0 Å². The van der Waals surface area contributed by atoms with Crippen molar-refractivity contribution in [3.63, 3.8) is 0 Å². The molecule has 1 aromatic rings. The van der Waals surface area contributed by atoms with E-state index in [1.54, 1.807) is 24.3 Å². The molecule has 0 aliphatic rings. The van der Waals surface area contributed by atoms with Gasteiger partial charge in [0.1, 0.15) is 0 Å². The lowest BCUT2D eigenvalue weighted by molar-refractivity contribution is 0.553. The van der Waals surface area contributed by atoms with E-state index in [1.807, 2.05) is 6.92 Å². The van der Waals surface area contributed by atoms with Gasteiger partial charge in [-0.1, -0.05) is 19.1 Å². The molecule has 0 radical (unpaired) electrons. The van der Waals surface area contributed by atoms with Crippen molar-refractivity contribution in [2.24, 2.45) is 5.73 Å². The van der Waals surface area contributed by atoms with E-state index in [0.29, 0.717) is 12.1 Å². The molecule has 1 rings (SSSR count). The molecule has 2 atom stereocenters. The van der Waals surface area contributed by atoms with Crippen molar-refractivity contribution < 1.29 is 8.42 Å². The highest BCUT2D eigenvalue weighted by Gasteiger charge is 2.26. The fourth-order valence-electron chi connectivity index (χ4n) is 1.80. The van der Waals surface area contributed by atoms with E-state index in [9.17, 15) is 8.42 Å². The van der Waals surface area contributed by atoms with Crippen molar-refractivity contribution >= 4 is 15.5 Å². The van der Waals surface area contributed by atoms with Gasteiger partial charge in [0.25, 0.3) is 0 Å². The quantitative estimate of drug-likeness (QED) is 0.774. The number of nitrogens with two attached hydrogens (primary N) is 2. The number of hydrogen-bond acceptors (Lipinski definition) is 4. The summed E-state index contributed by atoms with van der Waals surface area (Å²) in [6, 6.07) is 6.52. The predicted octanol–water partition coefficient (Wildman–Crippen LogP) is 1.09. The lowest BCUT2D eigenvalue weighted by Gasteiger charge is -2.21. The SMILES string of the molecule is CC[C@H]([C@H](N)c1cccc(N)c1)S(C)(=O)=O. The summed E-state index contributed by atoms with van der Waals surface area (Å²) in [6.45, 7) is 1.82. The predicted molar refractivity (Wildman–Crippen MR) is 66.7 cm³/mol. The zero-order valence-electron chi connectivity index (χ0n) is 9.55. The van der Waals surface area contributed by atoms with Crippen LogP contribution >= 0.6 is 0 Å². The first-order chi connectivity index (χ1) is 7.36. The number of nitrogen functional groups attached to an aromatic ring is 1. The summed E-state index contributed by atoms with van der Waals surface area (Å²) in [5.74, 6) is 0. The van der Waals surface area contributed by atoms with Crippen LogP contribution in [0, 0.1) is 0 Å². The van der Waals surface area contributed by atoms with Crippen LogP contribution in [0.15, 0.2) is 24.3 Å². The Balaban J connectivity index is 3.05. The summed E-state index contributed by atoms with van der Waals surface area (Å²) in [7, 11) is -3.14. The molecule has 1 aromatic carbocycles. The Kier molecular flexibility index (Phi) is 3.93. The third-order valence-corrected chi connectivity index (χ3v) is 4.37. The molecule has 0 saturated heterocycles. The zero-order valence-corrected chi connectivity index (χ0v) is 10.4. The fourth-order valence-corrected chi connectivity index (χ4v) is 3.10. The Morgan fingerprint density at radius 1 is 1.38 bits per heavy atom. The van der Waals surface area contributed by atoms with Gasteiger partial charge in [0, 0.05) is 18.0 Å². The van der Waals surface area contributed by atoms with Crippen LogP contribution in [0.4, 0.5) is 5.69 Å². The summed E-state index contributed by atoms with van der Waals surface area (Å²) in [4.78, 5) is 0. The van der Waals surface area contributed by atoms with Crippen LogP contribution in [0.3, 0.4) is 0 Å². The van der Waals surface area contributed by atoms with E-state index >= 15 is 0 Å². The zero-order chi connectivity index (χ0) is 12.3. The smallest absolute Gasteiger partial charge is 0.152 e. The molecule has 90 valence electrons. The summed E-state index contributed by atoms with van der Waals surface area (Å²) in [5, 5.41) is -0.561. The molecule has 0 bridgehead atoms. The van der Waals surface area contributed by atoms with Crippen molar-refractivity contribution in [3.8, 4) is 0 Å². The molecule has 0 aromatic heterocycles. The number of rotatable bonds is 4. The van der Waals surface area contributed by atoms with E-state index in [-0.39, 0.29) is 0 Å². The van der Waals surface area contributed by atoms with E-state index in [0.717, 1.165) is 5.56 Å². The largest absolute Gasteiger partial charge is 0.399 e. The molecule has 0 unspecified atom stereocenters. The Morgan fingerprint density at radius 2 is 2.00 bits per heavy atom. The number of sulfone groups is 1. The molecular weight excluding hydrogens is 224 g/mol. The topological polar surface area (TPSA) is 86.2 Å². The molecule has 0 saturated carbocycles. The maximum atomic E-state index is 11.6. The first-order valence-electron chi connectivity index (χ1n) is 5.16. The molecule has 0 aliphatic heterocycles. The highest BCUT2D eigenvalue weighted by Crippen LogP contribution is 2.23. The minimum Gasteiger partial charge on any atom is -0.399 e. The van der Waals surface area contributed by atoms with Gasteiger partial charge in [-0.2, -0.15) is 0 Å². The van der Waals surface area contributed by atoms with Gasteiger partial charge in [0.15, 0.2) is 9.84 Å². The number of benzene rings is 1. The summed E-state index contributed by atoms with van der Waals surface area (Å²) < 4.78 is 23.1. The Labute approximate surface area is 96.6 Å². The van der Waals surface area contributed by atoms with Gasteiger partial charge >= 0.3 is 0 Å². The fraction of sp³-hybridized carbons (Fsp3) is 0.455. The third kappa shape index (κ3) is 2.96. The molecule has 5 heteroatoms. The lowest BCUT2D eigenvalue weighted by atomic mass is 10.0. The highest BCUT2D eigenvalue weighted by molar-refractivity contribution is 7.91. The lowest BCUT2D eigenvalue weighted by Crippen LogP contribution is -2.32. The van der Waals surface area contributed by atoms with Crippen molar-refractivity contribution in [1.29, 1.82) is 0 Å². The van der Waals surface area contributed by atoms with Gasteiger partial charge < -0.3 is 11.5 Å². The Morgan fingerprint density at radius 3 is 2.44 bits per heavy atom. The monoisotopic (exact) mass is 242 g/mol. The Hall–Kier alpha value is -1.07. The molecule has 16 heavy (non-hydrogen) atoms. The molecule has 4 nitrogen and oxygen atoms in total. The minimum atomic E-state index is -3.14. The first kappa shape index (κ1) is 13.0. The van der Waals surface area contributed by atoms with Crippen molar-refractivity contribution in [2.75, 3.05) is 12.0 Å². The summed E-state index contributed by atoms with van der Waals surface area (Å²) in [6.07, 6.45) is 1.71. The second-order valence-corrected chi connectivity index (χ2v) is 6.24. The van der Waals surface area contributed by atoms with Crippen LogP contribution in [-0.2, 0) is 9.84 Å². The van der Waals surface area contributed by atoms with Crippen LogP contribution in [-0.4, -0.2) is 19.9 Å². The van der Waals surface area contributed by atoms with E-state index in [2.05, 4.69) is 0 Å². The van der Waals surface area contributed by atoms with Gasteiger partial charge in [0.2, 0.25) is 0 Å². The molecule has 0 amide bonds. The van der Waals surface area contributed by atoms with Crippen LogP contribution in [0.2, 0.25) is 0 Å². The maximum Gasteiger partial charge on any atom is 0.152 e. The molecule has 0 spiro atoms. The standard InChI is InChI=1S/C11H18N2O2S/c1-3-10(16(2,14)15)11(13)8-5-4-6-9(12)7-8/h4-7,10-11H,3,12-13H2,1-2H3/t10-,11-/m1/s1. The average molecular weight is 242 g/mol. The maximum absolute atomic E-state index is 11.6. The highest BCUT2D eigenvalue weighted by atomic mass is 32.2. The van der Waals surface area contributed by atoms with Gasteiger partial charge in [-0.05, 0) is 24.1 Å². The van der Waals surface area contributed by atoms with Gasteiger partial charge in [-0.3, -0.25) is 0 Å². The van der Waals surface area contributed by atoms with Crippen LogP contribution in [0.5, 0.6) is 0 Å². The average Bonchev–Trinajstić information content (AvgIpc) is 2.16. The normalized spacial score (nSPS) is 15.7. The number of anilines is 1. The van der Waals surface area contributed by atoms with Crippen LogP contribution < -0.4 is 11.5 Å². The van der Waals surface area contributed by atoms with E-state index in [4.69, 9.17) is 11.5 Å². The summed E-state index contributed by atoms with van der Waals surface area (Å²) >= 11 is 0. The van der Waals surface area contributed by atoms with Gasteiger partial charge in [-0.15, -0.1) is 0 Å². The molecule has 4 N–H and O–H groups in total. The number of hydrogen-bond donors (Lipinski definition) is 2. The first-order valence-corrected chi connectivity index (χ1v) is 7.11. The molecule has 0 fully saturated rings. The third-order valence-electron chi connectivity index (χ3n) is 2.65. The van der Waals surface area contributed by atoms with Gasteiger partial charge in [-0.25, -0.2) is 8.42 Å². The van der Waals surface area contributed by atoms with Gasteiger partial charge in [0.05, 0.1) is 5.25 Å². The van der Waals surface area contributed by atoms with Crippen LogP contribution in [0.1, 0.15) is 24.9 Å².